The third-order valence-electron chi connectivity index (χ3n) is 17.0. The van der Waals surface area contributed by atoms with Crippen molar-refractivity contribution in [3.8, 4) is 5.75 Å². The molecule has 0 saturated heterocycles. The predicted octanol–water partition coefficient (Wildman–Crippen LogP) is 0.603. The normalized spacial score (nSPS) is 15.6. The first-order valence-electron chi connectivity index (χ1n) is 33.6. The Morgan fingerprint density at radius 3 is 1.31 bits per heavy atom. The van der Waals surface area contributed by atoms with Gasteiger partial charge in [-0.15, -0.1) is 0 Å². The number of fused-ring (bicyclic) bond motifs is 1. The number of H-pyrrole nitrogens is 1. The molecule has 0 aliphatic carbocycles. The van der Waals surface area contributed by atoms with E-state index in [1.54, 1.807) is 118 Å². The van der Waals surface area contributed by atoms with Gasteiger partial charge in [-0.25, -0.2) is 0 Å². The first kappa shape index (κ1) is 82.5. The topological polar surface area (TPSA) is 477 Å². The standard InChI is InChI=1S/C70H101N13O17/c1-13-38(9)57(81-67(97)56(37(7)8)80-65(95)50(30-43-24-26-45(85)27-25-43)75-63(93)51(74-60(90)40(11)71)31-44-33-72-47-23-19-18-22-46(44)47)68(98)82-58(39(10)14-2)69(99)83-59(41(12)84)70(100)77-48(28-35(3)4)64(94)79-55(36(5)6)66(96)78-49(29-42-20-16-15-17-21-42)62(92)76-52(32-53(86)87)61(91)73-34-54(88)89/h15-27,33,35-41,48-52,55-59,72,84-85H,13-14,28-32,34,71H2,1-12H3,(H,73,91)(H,74,90)(H,75,93)(H,76,92)(H,77,100)(H,78,96)(H,79,94)(H,80,95)(H,81,97)(H,82,98)(H,83,99)(H,86,87)(H,88,89)/t38-,39-,40-,41+,48-,49-,50-,51-,52-,55-,56-,57-,58-,59-/m0/s1. The molecule has 30 heteroatoms. The van der Waals surface area contributed by atoms with Crippen LogP contribution < -0.4 is 64.2 Å². The van der Waals surface area contributed by atoms with Crippen molar-refractivity contribution in [3.63, 3.8) is 0 Å². The number of carbonyl (C=O) groups excluding carboxylic acids is 11. The highest BCUT2D eigenvalue weighted by molar-refractivity contribution is 6.00. The number of phenolic OH excluding ortho intramolecular Hbond substituents is 1. The number of aliphatic carboxylic acids is 2. The van der Waals surface area contributed by atoms with Crippen LogP contribution in [0.1, 0.15) is 125 Å². The number of aromatic amines is 1. The van der Waals surface area contributed by atoms with Crippen molar-refractivity contribution in [2.75, 3.05) is 6.54 Å². The van der Waals surface area contributed by atoms with Gasteiger partial charge in [0.2, 0.25) is 65.0 Å². The predicted molar refractivity (Wildman–Crippen MR) is 370 cm³/mol. The molecule has 100 heavy (non-hydrogen) atoms. The molecule has 1 heterocycles. The average molecular weight is 1400 g/mol. The van der Waals surface area contributed by atoms with Gasteiger partial charge in [-0.1, -0.05) is 143 Å². The average Bonchev–Trinajstić information content (AvgIpc) is 1.38. The van der Waals surface area contributed by atoms with Gasteiger partial charge in [0.25, 0.3) is 0 Å². The smallest absolute Gasteiger partial charge is 0.322 e. The Hall–Kier alpha value is -9.97. The number of amides is 11. The van der Waals surface area contributed by atoms with Crippen LogP contribution in [0, 0.1) is 29.6 Å². The molecule has 14 atom stereocenters. The zero-order valence-corrected chi connectivity index (χ0v) is 58.7. The molecule has 0 saturated carbocycles. The summed E-state index contributed by atoms with van der Waals surface area (Å²) in [6, 6.07) is 5.89. The fourth-order valence-corrected chi connectivity index (χ4v) is 10.7. The second-order valence-corrected chi connectivity index (χ2v) is 26.5. The molecule has 3 aromatic carbocycles. The van der Waals surface area contributed by atoms with Gasteiger partial charge in [-0.05, 0) is 84.7 Å². The molecule has 0 fully saturated rings. The second kappa shape index (κ2) is 39.6. The molecule has 548 valence electrons. The zero-order valence-electron chi connectivity index (χ0n) is 58.7. The van der Waals surface area contributed by atoms with E-state index >= 15 is 0 Å². The number of aliphatic hydroxyl groups excluding tert-OH is 1. The minimum atomic E-state index is -1.77. The molecule has 30 nitrogen and oxygen atoms in total. The van der Waals surface area contributed by atoms with Crippen molar-refractivity contribution >= 4 is 87.8 Å². The monoisotopic (exact) mass is 1400 g/mol. The first-order valence-corrected chi connectivity index (χ1v) is 33.6. The summed E-state index contributed by atoms with van der Waals surface area (Å²) < 4.78 is 0. The van der Waals surface area contributed by atoms with E-state index in [-0.39, 0.29) is 43.8 Å². The number of carbonyl (C=O) groups is 13. The number of aromatic hydroxyl groups is 1. The summed E-state index contributed by atoms with van der Waals surface area (Å²) >= 11 is 0. The maximum atomic E-state index is 14.7. The third kappa shape index (κ3) is 25.7. The van der Waals surface area contributed by atoms with Gasteiger partial charge < -0.3 is 89.6 Å². The van der Waals surface area contributed by atoms with E-state index in [4.69, 9.17) is 10.8 Å². The molecule has 0 unspecified atom stereocenters. The number of nitrogens with two attached hydrogens (primary N) is 1. The number of hydrogen-bond acceptors (Lipinski definition) is 16. The number of benzene rings is 3. The Morgan fingerprint density at radius 2 is 0.830 bits per heavy atom. The van der Waals surface area contributed by atoms with Crippen molar-refractivity contribution < 1.29 is 82.8 Å². The lowest BCUT2D eigenvalue weighted by atomic mass is 9.93. The third-order valence-corrected chi connectivity index (χ3v) is 17.0. The molecular weight excluding hydrogens is 1290 g/mol. The van der Waals surface area contributed by atoms with Gasteiger partial charge in [0, 0.05) is 36.4 Å². The minimum absolute atomic E-state index is 0.0139. The Morgan fingerprint density at radius 1 is 0.430 bits per heavy atom. The van der Waals surface area contributed by atoms with Crippen molar-refractivity contribution in [2.24, 2.45) is 35.3 Å². The SMILES string of the molecule is CC[C@H](C)[C@H](NC(=O)[C@@H](NC(=O)[C@H](Cc1ccc(O)cc1)NC(=O)[C@H](Cc1c[nH]c2ccccc12)NC(=O)[C@H](C)N)C(C)C)C(=O)N[C@H](C(=O)N[C@H](C(=O)N[C@@H](CC(C)C)C(=O)N[C@H](C(=O)N[C@@H](Cc1ccccc1)C(=O)N[C@@H](CC(=O)O)C(=O)NCC(=O)O)C(C)C)[C@@H](C)O)[C@@H](C)CC. The number of hydrogen-bond donors (Lipinski definition) is 17. The summed E-state index contributed by atoms with van der Waals surface area (Å²) in [6.07, 6.45) is -0.680. The summed E-state index contributed by atoms with van der Waals surface area (Å²) in [5.41, 5.74) is 8.41. The molecule has 1 aromatic heterocycles. The van der Waals surface area contributed by atoms with Crippen LogP contribution in [-0.2, 0) is 81.6 Å². The fourth-order valence-electron chi connectivity index (χ4n) is 10.7. The molecule has 4 rings (SSSR count). The second-order valence-electron chi connectivity index (χ2n) is 26.5. The van der Waals surface area contributed by atoms with Crippen LogP contribution in [0.4, 0.5) is 0 Å². The summed E-state index contributed by atoms with van der Waals surface area (Å²) in [6.45, 7) is 18.5. The number of carboxylic acids is 2. The number of phenols is 1. The van der Waals surface area contributed by atoms with E-state index in [1.807, 2.05) is 29.6 Å². The van der Waals surface area contributed by atoms with E-state index in [0.29, 0.717) is 23.1 Å². The zero-order chi connectivity index (χ0) is 74.8. The number of nitrogens with one attached hydrogen (secondary N) is 12. The van der Waals surface area contributed by atoms with Gasteiger partial charge in [-0.2, -0.15) is 0 Å². The molecule has 0 bridgehead atoms. The van der Waals surface area contributed by atoms with Crippen molar-refractivity contribution in [2.45, 2.75) is 201 Å². The van der Waals surface area contributed by atoms with E-state index in [9.17, 15) is 77.6 Å². The maximum absolute atomic E-state index is 14.7. The lowest BCUT2D eigenvalue weighted by Crippen LogP contribution is -2.64. The van der Waals surface area contributed by atoms with Crippen LogP contribution in [0.2, 0.25) is 0 Å². The Kier molecular flexibility index (Phi) is 32.6. The molecule has 0 spiro atoms. The molecular formula is C70H101N13O17. The van der Waals surface area contributed by atoms with Crippen LogP contribution in [0.25, 0.3) is 10.9 Å². The fraction of sp³-hybridized carbons (Fsp3) is 0.529. The highest BCUT2D eigenvalue weighted by Gasteiger charge is 2.40. The van der Waals surface area contributed by atoms with E-state index < -0.39 is 186 Å². The highest BCUT2D eigenvalue weighted by atomic mass is 16.4. The van der Waals surface area contributed by atoms with Crippen molar-refractivity contribution in [3.05, 3.63) is 102 Å². The molecule has 0 aliphatic rings. The molecule has 4 aromatic rings. The van der Waals surface area contributed by atoms with E-state index in [2.05, 4.69) is 58.2 Å². The van der Waals surface area contributed by atoms with Crippen LogP contribution >= 0.6 is 0 Å². The van der Waals surface area contributed by atoms with Crippen LogP contribution in [-0.4, -0.2) is 181 Å². The number of rotatable bonds is 40. The minimum Gasteiger partial charge on any atom is -0.508 e. The van der Waals surface area contributed by atoms with Gasteiger partial charge in [0.05, 0.1) is 18.6 Å². The lowest BCUT2D eigenvalue weighted by molar-refractivity contribution is -0.142. The number of para-hydroxylation sites is 1. The molecule has 0 radical (unpaired) electrons. The van der Waals surface area contributed by atoms with Gasteiger partial charge in [0.15, 0.2) is 0 Å². The molecule has 18 N–H and O–H groups in total. The summed E-state index contributed by atoms with van der Waals surface area (Å²) in [5.74, 6) is -15.7. The largest absolute Gasteiger partial charge is 0.508 e. The lowest BCUT2D eigenvalue weighted by Gasteiger charge is -2.32. The van der Waals surface area contributed by atoms with Gasteiger partial charge in [0.1, 0.15) is 72.7 Å². The van der Waals surface area contributed by atoms with Crippen LogP contribution in [0.5, 0.6) is 5.75 Å². The Bertz CT molecular complexity index is 3470. The maximum Gasteiger partial charge on any atom is 0.322 e. The first-order chi connectivity index (χ1) is 47.0. The van der Waals surface area contributed by atoms with Crippen molar-refractivity contribution in [1.29, 1.82) is 0 Å². The number of carboxylic acid groups (broad SMARTS) is 2. The Labute approximate surface area is 581 Å². The van der Waals surface area contributed by atoms with Crippen molar-refractivity contribution in [1.82, 2.24) is 63.5 Å². The number of aliphatic hydroxyl groups is 1. The molecule has 11 amide bonds. The molecule has 0 aliphatic heterocycles. The summed E-state index contributed by atoms with van der Waals surface area (Å²) in [7, 11) is 0. The van der Waals surface area contributed by atoms with Gasteiger partial charge >= 0.3 is 11.9 Å². The summed E-state index contributed by atoms with van der Waals surface area (Å²) in [4.78, 5) is 182. The van der Waals surface area contributed by atoms with Crippen LogP contribution in [0.15, 0.2) is 85.1 Å². The highest BCUT2D eigenvalue weighted by Crippen LogP contribution is 2.21. The Balaban J connectivity index is 1.56. The summed E-state index contributed by atoms with van der Waals surface area (Å²) in [5, 5.41) is 69.0. The van der Waals surface area contributed by atoms with Gasteiger partial charge in [-0.3, -0.25) is 62.3 Å². The van der Waals surface area contributed by atoms with E-state index in [0.717, 1.165) is 10.9 Å². The quantitative estimate of drug-likeness (QED) is 0.0290. The number of aromatic nitrogens is 1. The van der Waals surface area contributed by atoms with E-state index in [1.165, 1.54) is 26.0 Å². The van der Waals surface area contributed by atoms with Crippen LogP contribution in [0.3, 0.4) is 0 Å².